The second-order valence-corrected chi connectivity index (χ2v) is 5.84. The number of nitrogens with one attached hydrogen (secondary N) is 1. The average molecular weight is 233 g/mol. The number of aliphatic hydroxyl groups excluding tert-OH is 1. The van der Waals surface area contributed by atoms with Crippen LogP contribution in [0.3, 0.4) is 0 Å². The van der Waals surface area contributed by atoms with E-state index in [9.17, 15) is 5.11 Å². The molecule has 1 aliphatic carbocycles. The molecule has 1 saturated carbocycles. The van der Waals surface area contributed by atoms with Crippen molar-refractivity contribution < 1.29 is 5.11 Å². The summed E-state index contributed by atoms with van der Waals surface area (Å²) in [5, 5.41) is 13.4. The van der Waals surface area contributed by atoms with Crippen molar-refractivity contribution in [2.45, 2.75) is 51.8 Å². The maximum absolute atomic E-state index is 9.72. The van der Waals surface area contributed by atoms with Gasteiger partial charge in [0.2, 0.25) is 0 Å². The van der Waals surface area contributed by atoms with E-state index in [1.807, 2.05) is 6.07 Å². The first kappa shape index (κ1) is 12.6. The molecule has 1 aliphatic rings. The molecular formula is C15H23NO. The van der Waals surface area contributed by atoms with Crippen molar-refractivity contribution in [2.75, 3.05) is 0 Å². The van der Waals surface area contributed by atoms with Crippen LogP contribution < -0.4 is 5.32 Å². The first-order valence-corrected chi connectivity index (χ1v) is 6.53. The van der Waals surface area contributed by atoms with Gasteiger partial charge in [-0.1, -0.05) is 44.2 Å². The fraction of sp³-hybridized carbons (Fsp3) is 0.600. The Bertz CT molecular complexity index is 347. The predicted octanol–water partition coefficient (Wildman–Crippen LogP) is 2.72. The molecule has 0 aromatic heterocycles. The summed E-state index contributed by atoms with van der Waals surface area (Å²) >= 11 is 0. The number of aliphatic hydroxyl groups is 1. The average Bonchev–Trinajstić information content (AvgIpc) is 2.28. The Morgan fingerprint density at radius 2 is 1.94 bits per heavy atom. The molecule has 0 radical (unpaired) electrons. The zero-order valence-electron chi connectivity index (χ0n) is 10.8. The van der Waals surface area contributed by atoms with E-state index in [1.165, 1.54) is 5.56 Å². The molecule has 2 heteroatoms. The van der Waals surface area contributed by atoms with Crippen LogP contribution in [0.1, 0.15) is 38.7 Å². The van der Waals surface area contributed by atoms with Crippen molar-refractivity contribution >= 4 is 0 Å². The van der Waals surface area contributed by atoms with Gasteiger partial charge < -0.3 is 10.4 Å². The van der Waals surface area contributed by atoms with E-state index in [4.69, 9.17) is 0 Å². The maximum Gasteiger partial charge on any atom is 0.0546 e. The quantitative estimate of drug-likeness (QED) is 0.841. The molecule has 1 aromatic carbocycles. The van der Waals surface area contributed by atoms with Crippen molar-refractivity contribution in [1.29, 1.82) is 0 Å². The van der Waals surface area contributed by atoms with Crippen LogP contribution >= 0.6 is 0 Å². The molecule has 2 rings (SSSR count). The van der Waals surface area contributed by atoms with Crippen LogP contribution in [0, 0.1) is 5.41 Å². The van der Waals surface area contributed by atoms with Crippen LogP contribution in [-0.2, 0) is 6.54 Å². The molecule has 1 fully saturated rings. The third kappa shape index (κ3) is 3.30. The first-order valence-electron chi connectivity index (χ1n) is 6.53. The standard InChI is InChI=1S/C15H23NO/c1-15(2)10-13(17)8-9-14(15)16-11-12-6-4-3-5-7-12/h3-7,13-14,16-17H,8-11H2,1-2H3. The minimum Gasteiger partial charge on any atom is -0.393 e. The molecule has 2 atom stereocenters. The van der Waals surface area contributed by atoms with Gasteiger partial charge >= 0.3 is 0 Å². The topological polar surface area (TPSA) is 32.3 Å². The molecule has 0 aliphatic heterocycles. The van der Waals surface area contributed by atoms with Gasteiger partial charge in [-0.3, -0.25) is 0 Å². The SMILES string of the molecule is CC1(C)CC(O)CCC1NCc1ccccc1. The van der Waals surface area contributed by atoms with Crippen LogP contribution in [0.5, 0.6) is 0 Å². The Kier molecular flexibility index (Phi) is 3.85. The van der Waals surface area contributed by atoms with Crippen LogP contribution in [0.4, 0.5) is 0 Å². The van der Waals surface area contributed by atoms with Crippen molar-refractivity contribution in [3.8, 4) is 0 Å². The van der Waals surface area contributed by atoms with Crippen molar-refractivity contribution in [3.05, 3.63) is 35.9 Å². The Morgan fingerprint density at radius 3 is 2.59 bits per heavy atom. The lowest BCUT2D eigenvalue weighted by atomic mass is 9.72. The fourth-order valence-corrected chi connectivity index (χ4v) is 2.82. The highest BCUT2D eigenvalue weighted by Crippen LogP contribution is 2.35. The molecule has 0 heterocycles. The highest BCUT2D eigenvalue weighted by Gasteiger charge is 2.35. The van der Waals surface area contributed by atoms with Gasteiger partial charge in [0.05, 0.1) is 6.10 Å². The van der Waals surface area contributed by atoms with E-state index >= 15 is 0 Å². The van der Waals surface area contributed by atoms with Crippen molar-refractivity contribution in [2.24, 2.45) is 5.41 Å². The molecule has 2 nitrogen and oxygen atoms in total. The highest BCUT2D eigenvalue weighted by molar-refractivity contribution is 5.14. The molecule has 94 valence electrons. The zero-order valence-corrected chi connectivity index (χ0v) is 10.8. The summed E-state index contributed by atoms with van der Waals surface area (Å²) in [7, 11) is 0. The number of rotatable bonds is 3. The van der Waals surface area contributed by atoms with E-state index in [0.717, 1.165) is 25.8 Å². The summed E-state index contributed by atoms with van der Waals surface area (Å²) in [4.78, 5) is 0. The van der Waals surface area contributed by atoms with E-state index in [2.05, 4.69) is 43.4 Å². The van der Waals surface area contributed by atoms with Gasteiger partial charge in [-0.25, -0.2) is 0 Å². The number of hydrogen-bond acceptors (Lipinski definition) is 2. The number of hydrogen-bond donors (Lipinski definition) is 2. The largest absolute Gasteiger partial charge is 0.393 e. The van der Waals surface area contributed by atoms with Gasteiger partial charge in [0.25, 0.3) is 0 Å². The third-order valence-corrected chi connectivity index (χ3v) is 3.89. The normalized spacial score (nSPS) is 27.9. The lowest BCUT2D eigenvalue weighted by Crippen LogP contribution is -2.47. The molecular weight excluding hydrogens is 210 g/mol. The lowest BCUT2D eigenvalue weighted by molar-refractivity contribution is 0.0398. The summed E-state index contributed by atoms with van der Waals surface area (Å²) < 4.78 is 0. The minimum atomic E-state index is -0.111. The Labute approximate surface area is 104 Å². The monoisotopic (exact) mass is 233 g/mol. The second kappa shape index (κ2) is 5.19. The summed E-state index contributed by atoms with van der Waals surface area (Å²) in [5.74, 6) is 0. The van der Waals surface area contributed by atoms with E-state index in [0.29, 0.717) is 6.04 Å². The van der Waals surface area contributed by atoms with Gasteiger partial charge in [-0.05, 0) is 30.2 Å². The molecule has 2 unspecified atom stereocenters. The zero-order chi connectivity index (χ0) is 12.3. The predicted molar refractivity (Wildman–Crippen MR) is 70.7 cm³/mol. The van der Waals surface area contributed by atoms with E-state index in [1.54, 1.807) is 0 Å². The first-order chi connectivity index (χ1) is 8.08. The molecule has 0 saturated heterocycles. The lowest BCUT2D eigenvalue weighted by Gasteiger charge is -2.41. The second-order valence-electron chi connectivity index (χ2n) is 5.84. The van der Waals surface area contributed by atoms with Gasteiger partial charge in [0.1, 0.15) is 0 Å². The Balaban J connectivity index is 1.91. The fourth-order valence-electron chi connectivity index (χ4n) is 2.82. The van der Waals surface area contributed by atoms with Crippen molar-refractivity contribution in [1.82, 2.24) is 5.32 Å². The van der Waals surface area contributed by atoms with Crippen LogP contribution in [-0.4, -0.2) is 17.3 Å². The van der Waals surface area contributed by atoms with Crippen LogP contribution in [0.2, 0.25) is 0 Å². The third-order valence-electron chi connectivity index (χ3n) is 3.89. The molecule has 2 N–H and O–H groups in total. The van der Waals surface area contributed by atoms with Gasteiger partial charge in [0.15, 0.2) is 0 Å². The molecule has 0 amide bonds. The Morgan fingerprint density at radius 1 is 1.24 bits per heavy atom. The molecule has 0 spiro atoms. The van der Waals surface area contributed by atoms with Crippen LogP contribution in [0.15, 0.2) is 30.3 Å². The van der Waals surface area contributed by atoms with Gasteiger partial charge in [-0.2, -0.15) is 0 Å². The summed E-state index contributed by atoms with van der Waals surface area (Å²) in [6.07, 6.45) is 2.79. The summed E-state index contributed by atoms with van der Waals surface area (Å²) in [6, 6.07) is 11.0. The molecule has 0 bridgehead atoms. The summed E-state index contributed by atoms with van der Waals surface area (Å²) in [6.45, 7) is 5.42. The summed E-state index contributed by atoms with van der Waals surface area (Å²) in [5.41, 5.74) is 1.52. The molecule has 1 aromatic rings. The molecule has 17 heavy (non-hydrogen) atoms. The van der Waals surface area contributed by atoms with E-state index in [-0.39, 0.29) is 11.5 Å². The minimum absolute atomic E-state index is 0.111. The van der Waals surface area contributed by atoms with Crippen molar-refractivity contribution in [3.63, 3.8) is 0 Å². The van der Waals surface area contributed by atoms with Gasteiger partial charge in [-0.15, -0.1) is 0 Å². The van der Waals surface area contributed by atoms with Gasteiger partial charge in [0, 0.05) is 12.6 Å². The smallest absolute Gasteiger partial charge is 0.0546 e. The highest BCUT2D eigenvalue weighted by atomic mass is 16.3. The Hall–Kier alpha value is -0.860. The number of benzene rings is 1. The van der Waals surface area contributed by atoms with E-state index < -0.39 is 0 Å². The maximum atomic E-state index is 9.72. The van der Waals surface area contributed by atoms with Crippen LogP contribution in [0.25, 0.3) is 0 Å².